The van der Waals surface area contributed by atoms with E-state index in [1.54, 1.807) is 31.2 Å². The van der Waals surface area contributed by atoms with Crippen LogP contribution in [0.25, 0.3) is 5.76 Å². The number of nitrogens with zero attached hydrogens (tertiary/aromatic N) is 1. The first kappa shape index (κ1) is 30.2. The molecule has 0 amide bonds. The van der Waals surface area contributed by atoms with Crippen LogP contribution < -0.4 is 15.4 Å². The van der Waals surface area contributed by atoms with Crippen molar-refractivity contribution in [1.82, 2.24) is 5.32 Å². The molecule has 12 nitrogen and oxygen atoms in total. The van der Waals surface area contributed by atoms with Gasteiger partial charge in [-0.05, 0) is 49.4 Å². The minimum atomic E-state index is -4.44. The number of aliphatic hydroxyl groups is 1. The van der Waals surface area contributed by atoms with Crippen LogP contribution in [0.15, 0.2) is 57.3 Å². The fraction of sp³-hybridized carbons (Fsp3) is 0.370. The van der Waals surface area contributed by atoms with Gasteiger partial charge >= 0.3 is 5.97 Å². The van der Waals surface area contributed by atoms with Gasteiger partial charge in [0.25, 0.3) is 10.0 Å². The lowest BCUT2D eigenvalue weighted by atomic mass is 9.71. The summed E-state index contributed by atoms with van der Waals surface area (Å²) in [6, 6.07) is 10.4. The van der Waals surface area contributed by atoms with Crippen LogP contribution in [0.1, 0.15) is 44.7 Å². The van der Waals surface area contributed by atoms with Crippen LogP contribution in [0, 0.1) is 5.92 Å². The van der Waals surface area contributed by atoms with Crippen molar-refractivity contribution < 1.29 is 36.3 Å². The second kappa shape index (κ2) is 11.3. The van der Waals surface area contributed by atoms with E-state index in [0.717, 1.165) is 12.3 Å². The zero-order valence-electron chi connectivity index (χ0n) is 23.0. The number of ether oxygens (including phenoxy) is 1. The second-order valence-electron chi connectivity index (χ2n) is 10.2. The van der Waals surface area contributed by atoms with Crippen molar-refractivity contribution in [3.05, 3.63) is 59.2 Å². The van der Waals surface area contributed by atoms with E-state index in [2.05, 4.69) is 19.8 Å². The Morgan fingerprint density at radius 3 is 2.56 bits per heavy atom. The van der Waals surface area contributed by atoms with Gasteiger partial charge in [0.1, 0.15) is 21.8 Å². The van der Waals surface area contributed by atoms with Crippen molar-refractivity contribution in [2.45, 2.75) is 44.0 Å². The lowest BCUT2D eigenvalue weighted by Crippen LogP contribution is -2.55. The molecular weight excluding hydrogens is 572 g/mol. The van der Waals surface area contributed by atoms with Gasteiger partial charge in [0.2, 0.25) is 10.0 Å². The Balaban J connectivity index is 1.86. The number of benzene rings is 2. The molecule has 1 heterocycles. The van der Waals surface area contributed by atoms with Crippen molar-refractivity contribution in [1.29, 1.82) is 0 Å². The molecule has 41 heavy (non-hydrogen) atoms. The zero-order chi connectivity index (χ0) is 30.2. The van der Waals surface area contributed by atoms with Crippen LogP contribution in [0.4, 0.5) is 11.4 Å². The number of esters is 1. The van der Waals surface area contributed by atoms with Crippen molar-refractivity contribution >= 4 is 54.8 Å². The van der Waals surface area contributed by atoms with E-state index in [1.165, 1.54) is 12.1 Å². The molecule has 1 aliphatic heterocycles. The van der Waals surface area contributed by atoms with E-state index in [1.807, 2.05) is 13.8 Å². The summed E-state index contributed by atoms with van der Waals surface area (Å²) in [5, 5.41) is 17.3. The fourth-order valence-electron chi connectivity index (χ4n) is 4.86. The van der Waals surface area contributed by atoms with E-state index in [0.29, 0.717) is 12.0 Å². The third-order valence-electron chi connectivity index (χ3n) is 6.69. The SMILES string of the molecule is CCOC(=O)CNC1(CCC(C)C)C(=O)C(C2=NS(=O)(=O)c3cc(NS(C)(=O)=O)ccc3N2)=C(O)c2ccccc21. The molecule has 0 fully saturated rings. The number of hydrogen-bond donors (Lipinski definition) is 4. The number of carbonyl (C=O) groups is 2. The first-order chi connectivity index (χ1) is 19.2. The molecule has 2 aromatic rings. The minimum Gasteiger partial charge on any atom is -0.506 e. The predicted octanol–water partition coefficient (Wildman–Crippen LogP) is 2.91. The molecule has 220 valence electrons. The average molecular weight is 605 g/mol. The number of ketones is 1. The Morgan fingerprint density at radius 2 is 1.90 bits per heavy atom. The van der Waals surface area contributed by atoms with Gasteiger partial charge < -0.3 is 15.2 Å². The quantitative estimate of drug-likeness (QED) is 0.295. The maximum absolute atomic E-state index is 14.4. The fourth-order valence-corrected chi connectivity index (χ4v) is 6.56. The molecule has 1 atom stereocenters. The van der Waals surface area contributed by atoms with Crippen molar-refractivity contribution in [2.24, 2.45) is 10.3 Å². The van der Waals surface area contributed by atoms with Crippen molar-refractivity contribution in [3.8, 4) is 0 Å². The summed E-state index contributed by atoms with van der Waals surface area (Å²) < 4.78 is 60.9. The van der Waals surface area contributed by atoms with Gasteiger partial charge in [0.05, 0.1) is 25.1 Å². The van der Waals surface area contributed by atoms with Crippen molar-refractivity contribution in [2.75, 3.05) is 29.4 Å². The number of sulfonamides is 2. The second-order valence-corrected chi connectivity index (χ2v) is 13.5. The molecule has 0 bridgehead atoms. The molecule has 0 saturated heterocycles. The Morgan fingerprint density at radius 1 is 1.20 bits per heavy atom. The van der Waals surface area contributed by atoms with Gasteiger partial charge in [-0.25, -0.2) is 8.42 Å². The predicted molar refractivity (Wildman–Crippen MR) is 155 cm³/mol. The van der Waals surface area contributed by atoms with Gasteiger partial charge in [-0.1, -0.05) is 38.1 Å². The number of anilines is 2. The van der Waals surface area contributed by atoms with Gasteiger partial charge in [-0.15, -0.1) is 4.40 Å². The van der Waals surface area contributed by atoms with Crippen molar-refractivity contribution in [3.63, 3.8) is 0 Å². The third kappa shape index (κ3) is 6.14. The lowest BCUT2D eigenvalue weighted by Gasteiger charge is -2.40. The molecule has 4 N–H and O–H groups in total. The molecule has 0 radical (unpaired) electrons. The summed E-state index contributed by atoms with van der Waals surface area (Å²) in [5.74, 6) is -1.94. The van der Waals surface area contributed by atoms with Gasteiger partial charge in [0, 0.05) is 11.3 Å². The summed E-state index contributed by atoms with van der Waals surface area (Å²) in [7, 11) is -8.12. The molecule has 4 rings (SSSR count). The number of aliphatic hydroxyl groups excluding tert-OH is 1. The lowest BCUT2D eigenvalue weighted by molar-refractivity contribution is -0.142. The van der Waals surface area contributed by atoms with E-state index in [9.17, 15) is 31.5 Å². The normalized spacial score (nSPS) is 19.6. The summed E-state index contributed by atoms with van der Waals surface area (Å²) in [6.07, 6.45) is 1.72. The summed E-state index contributed by atoms with van der Waals surface area (Å²) in [4.78, 5) is 26.5. The maximum atomic E-state index is 14.4. The highest BCUT2D eigenvalue weighted by molar-refractivity contribution is 7.92. The van der Waals surface area contributed by atoms with E-state index in [4.69, 9.17) is 4.74 Å². The summed E-state index contributed by atoms with van der Waals surface area (Å²) in [6.45, 7) is 5.47. The highest BCUT2D eigenvalue weighted by Crippen LogP contribution is 2.43. The molecule has 1 aliphatic carbocycles. The summed E-state index contributed by atoms with van der Waals surface area (Å²) in [5.41, 5.74) is -1.11. The van der Waals surface area contributed by atoms with Gasteiger partial charge in [-0.3, -0.25) is 19.6 Å². The Hall–Kier alpha value is -3.75. The highest BCUT2D eigenvalue weighted by atomic mass is 32.2. The Labute approximate surface area is 239 Å². The van der Waals surface area contributed by atoms with Crippen LogP contribution in [0.3, 0.4) is 0 Å². The van der Waals surface area contributed by atoms with Crippen LogP contribution in [-0.2, 0) is 39.9 Å². The highest BCUT2D eigenvalue weighted by Gasteiger charge is 2.49. The molecular formula is C27H32N4O8S2. The number of hydrogen-bond acceptors (Lipinski definition) is 10. The number of nitrogens with one attached hydrogen (secondary N) is 3. The molecule has 1 unspecified atom stereocenters. The zero-order valence-corrected chi connectivity index (χ0v) is 24.6. The third-order valence-corrected chi connectivity index (χ3v) is 8.62. The largest absolute Gasteiger partial charge is 0.506 e. The standard InChI is InChI=1S/C27H32N4O8S2/c1-5-39-22(32)15-28-27(13-12-16(2)3)19-9-7-6-8-18(19)24(33)23(25(27)34)26-29-20-11-10-17(30-40(4,35)36)14-21(20)41(37,38)31-26/h6-11,14,16,28,30,33H,5,12-13,15H2,1-4H3,(H,29,31). The van der Waals surface area contributed by atoms with Crippen LogP contribution >= 0.6 is 0 Å². The maximum Gasteiger partial charge on any atom is 0.319 e. The summed E-state index contributed by atoms with van der Waals surface area (Å²) >= 11 is 0. The smallest absolute Gasteiger partial charge is 0.319 e. The number of amidine groups is 1. The Bertz CT molecular complexity index is 1680. The number of Topliss-reactive ketones (excluding diaryl/α,β-unsaturated/α-hetero) is 1. The molecule has 14 heteroatoms. The first-order valence-corrected chi connectivity index (χ1v) is 16.2. The first-order valence-electron chi connectivity index (χ1n) is 12.9. The van der Waals surface area contributed by atoms with Crippen LogP contribution in [-0.4, -0.2) is 58.9 Å². The molecule has 2 aromatic carbocycles. The van der Waals surface area contributed by atoms with E-state index < -0.39 is 48.9 Å². The number of fused-ring (bicyclic) bond motifs is 2. The van der Waals surface area contributed by atoms with Crippen LogP contribution in [0.5, 0.6) is 0 Å². The Kier molecular flexibility index (Phi) is 8.30. The van der Waals surface area contributed by atoms with Gasteiger partial charge in [0.15, 0.2) is 11.6 Å². The molecule has 2 aliphatic rings. The van der Waals surface area contributed by atoms with E-state index >= 15 is 0 Å². The monoisotopic (exact) mass is 604 g/mol. The minimum absolute atomic E-state index is 0.0101. The van der Waals surface area contributed by atoms with E-state index in [-0.39, 0.29) is 52.9 Å². The number of rotatable bonds is 10. The molecule has 0 aromatic heterocycles. The topological polar surface area (TPSA) is 180 Å². The van der Waals surface area contributed by atoms with Crippen LogP contribution in [0.2, 0.25) is 0 Å². The molecule has 0 saturated carbocycles. The number of carbonyl (C=O) groups excluding carboxylic acids is 2. The van der Waals surface area contributed by atoms with Gasteiger partial charge in [-0.2, -0.15) is 8.42 Å². The molecule has 0 spiro atoms. The average Bonchev–Trinajstić information content (AvgIpc) is 2.88.